The molecule has 6 aliphatic heterocycles. The zero-order chi connectivity index (χ0) is 49.0. The Hall–Kier alpha value is -6.09. The summed E-state index contributed by atoms with van der Waals surface area (Å²) < 4.78 is 76.7. The maximum Gasteiger partial charge on any atom is 0.297 e. The van der Waals surface area contributed by atoms with Crippen molar-refractivity contribution in [2.45, 2.75) is 99.4 Å². The van der Waals surface area contributed by atoms with Gasteiger partial charge in [0.25, 0.3) is 27.5 Å². The number of H-pyrrole nitrogens is 1. The number of hydrogen-bond donors (Lipinski definition) is 3. The molecule has 12 rings (SSSR count). The number of sulfonamides is 1. The molecule has 20 heteroatoms. The van der Waals surface area contributed by atoms with Crippen molar-refractivity contribution >= 4 is 55.4 Å². The topological polar surface area (TPSA) is 188 Å². The number of nitro benzene ring substituents is 1. The van der Waals surface area contributed by atoms with Gasteiger partial charge in [0.15, 0.2) is 11.4 Å². The molecule has 71 heavy (non-hydrogen) atoms. The minimum Gasteiger partial charge on any atom is -0.489 e. The monoisotopic (exact) mass is 993 g/mol. The van der Waals surface area contributed by atoms with Gasteiger partial charge in [-0.3, -0.25) is 19.8 Å². The Bertz CT molecular complexity index is 3040. The van der Waals surface area contributed by atoms with Gasteiger partial charge in [-0.1, -0.05) is 38.1 Å². The predicted molar refractivity (Wildman–Crippen MR) is 262 cm³/mol. The first-order chi connectivity index (χ1) is 34.1. The molecule has 2 aromatic heterocycles. The molecule has 5 fully saturated rings. The lowest BCUT2D eigenvalue weighted by atomic mass is 9.60. The number of alkyl halides is 2. The van der Waals surface area contributed by atoms with E-state index in [-0.39, 0.29) is 68.2 Å². The van der Waals surface area contributed by atoms with E-state index in [0.717, 1.165) is 55.7 Å². The third-order valence-electron chi connectivity index (χ3n) is 16.0. The Labute approximate surface area is 410 Å². The molecule has 1 aliphatic carbocycles. The fourth-order valence-corrected chi connectivity index (χ4v) is 13.4. The van der Waals surface area contributed by atoms with Crippen LogP contribution in [0.1, 0.15) is 85.8 Å². The first-order valence-corrected chi connectivity index (χ1v) is 26.2. The zero-order valence-corrected chi connectivity index (χ0v) is 40.4. The molecule has 0 radical (unpaired) electrons. The molecule has 1 spiro atoms. The molecule has 3 N–H and O–H groups in total. The molecule has 1 saturated carbocycles. The summed E-state index contributed by atoms with van der Waals surface area (Å²) in [6, 6.07) is 20.3. The van der Waals surface area contributed by atoms with Crippen molar-refractivity contribution in [1.29, 1.82) is 0 Å². The van der Waals surface area contributed by atoms with E-state index in [0.29, 0.717) is 47.4 Å². The number of pyridine rings is 1. The third-order valence-corrected chi connectivity index (χ3v) is 17.3. The number of amides is 1. The van der Waals surface area contributed by atoms with Crippen molar-refractivity contribution in [2.24, 2.45) is 5.41 Å². The number of halogens is 2. The number of benzene rings is 3. The quantitative estimate of drug-likeness (QED) is 0.0862. The number of fused-ring (bicyclic) bond motifs is 4. The van der Waals surface area contributed by atoms with Crippen molar-refractivity contribution < 1.29 is 41.1 Å². The van der Waals surface area contributed by atoms with Gasteiger partial charge in [0.05, 0.1) is 46.4 Å². The van der Waals surface area contributed by atoms with Gasteiger partial charge < -0.3 is 39.2 Å². The summed E-state index contributed by atoms with van der Waals surface area (Å²) in [5.41, 5.74) is 5.03. The minimum absolute atomic E-state index is 0.00449. The summed E-state index contributed by atoms with van der Waals surface area (Å²) in [5, 5.41) is 16.4. The number of carbonyl (C=O) groups is 1. The maximum absolute atomic E-state index is 14.7. The maximum atomic E-state index is 14.7. The fraction of sp³-hybridized carbons (Fsp3) is 0.490. The number of anilines is 4. The normalized spacial score (nSPS) is 24.9. The Morgan fingerprint density at radius 1 is 1.00 bits per heavy atom. The van der Waals surface area contributed by atoms with E-state index in [1.54, 1.807) is 12.3 Å². The summed E-state index contributed by atoms with van der Waals surface area (Å²) in [6.07, 6.45) is 5.34. The van der Waals surface area contributed by atoms with Crippen LogP contribution in [0, 0.1) is 15.5 Å². The standard InChI is InChI=1S/C51H57F2N9O8S/c1-30(2)36-6-3-4-7-37(36)39-8-5-15-60(39)34-22-50(23-34)28-59(29-50)33-9-10-38(40(19-33)61-42-18-31-11-14-54-47(31)56-49(42)70-45-27-68-26-43(45)61)48(63)57-71(66,67)35-20-41(62(64)65)46-44(21-35)69-25-32(55-46)24-58-16-12-51(52,53)13-17-58/h3-4,6-7,9-11,14,18-21,30,32,34,39,43,45,55H,5,8,12-13,15-17,22-29H2,1-2H3,(H,54,56)(H,57,63)/t32-,39-,43+,45+/m0/s1. The first-order valence-electron chi connectivity index (χ1n) is 24.8. The van der Waals surface area contributed by atoms with Crippen molar-refractivity contribution in [3.63, 3.8) is 0 Å². The summed E-state index contributed by atoms with van der Waals surface area (Å²) in [6.45, 7) is 8.51. The number of rotatable bonds is 11. The summed E-state index contributed by atoms with van der Waals surface area (Å²) in [7, 11) is -4.75. The van der Waals surface area contributed by atoms with Gasteiger partial charge in [-0.05, 0) is 79.6 Å². The number of piperidine rings is 1. The van der Waals surface area contributed by atoms with Gasteiger partial charge in [0.2, 0.25) is 5.88 Å². The van der Waals surface area contributed by atoms with Gasteiger partial charge in [0.1, 0.15) is 24.0 Å². The number of likely N-dealkylation sites (tertiary alicyclic amines) is 2. The van der Waals surface area contributed by atoms with Gasteiger partial charge in [0, 0.05) is 92.5 Å². The van der Waals surface area contributed by atoms with Crippen LogP contribution >= 0.6 is 0 Å². The molecule has 7 aliphatic rings. The van der Waals surface area contributed by atoms with Crippen molar-refractivity contribution in [1.82, 2.24) is 24.5 Å². The largest absolute Gasteiger partial charge is 0.489 e. The lowest BCUT2D eigenvalue weighted by molar-refractivity contribution is -0.384. The van der Waals surface area contributed by atoms with Gasteiger partial charge in [-0.2, -0.15) is 4.98 Å². The second kappa shape index (κ2) is 17.3. The number of hydrogen-bond acceptors (Lipinski definition) is 14. The Kier molecular flexibility index (Phi) is 11.2. The van der Waals surface area contributed by atoms with Crippen molar-refractivity contribution in [3.8, 4) is 11.6 Å². The number of nitrogens with zero attached hydrogens (tertiary/aromatic N) is 6. The Morgan fingerprint density at radius 2 is 1.80 bits per heavy atom. The first kappa shape index (κ1) is 46.0. The predicted octanol–water partition coefficient (Wildman–Crippen LogP) is 7.72. The van der Waals surface area contributed by atoms with Crippen LogP contribution < -0.4 is 29.3 Å². The van der Waals surface area contributed by atoms with E-state index in [2.05, 4.69) is 62.9 Å². The molecule has 4 atom stereocenters. The van der Waals surface area contributed by atoms with Crippen molar-refractivity contribution in [3.05, 3.63) is 99.7 Å². The van der Waals surface area contributed by atoms with Crippen molar-refractivity contribution in [2.75, 3.05) is 74.2 Å². The minimum atomic E-state index is -4.75. The highest BCUT2D eigenvalue weighted by molar-refractivity contribution is 7.90. The summed E-state index contributed by atoms with van der Waals surface area (Å²) in [5.74, 6) is -2.96. The molecule has 8 heterocycles. The number of nitro groups is 1. The van der Waals surface area contributed by atoms with Crippen LogP contribution in [0.4, 0.5) is 37.2 Å². The molecule has 0 unspecified atom stereocenters. The van der Waals surface area contributed by atoms with Crippen LogP contribution in [0.2, 0.25) is 0 Å². The smallest absolute Gasteiger partial charge is 0.297 e. The van der Waals surface area contributed by atoms with Gasteiger partial charge in [-0.15, -0.1) is 0 Å². The van der Waals surface area contributed by atoms with E-state index < -0.39 is 55.5 Å². The van der Waals surface area contributed by atoms with E-state index >= 15 is 0 Å². The molecule has 17 nitrogen and oxygen atoms in total. The van der Waals surface area contributed by atoms with Crippen LogP contribution in [0.5, 0.6) is 11.6 Å². The molecule has 4 saturated heterocycles. The number of aromatic amines is 1. The summed E-state index contributed by atoms with van der Waals surface area (Å²) >= 11 is 0. The van der Waals surface area contributed by atoms with E-state index in [9.17, 15) is 32.1 Å². The lowest BCUT2D eigenvalue weighted by Crippen LogP contribution is -2.66. The third kappa shape index (κ3) is 8.29. The fourth-order valence-electron chi connectivity index (χ4n) is 12.4. The molecule has 374 valence electrons. The average molecular weight is 994 g/mol. The highest BCUT2D eigenvalue weighted by Crippen LogP contribution is 2.55. The van der Waals surface area contributed by atoms with Crippen LogP contribution in [-0.4, -0.2) is 128 Å². The van der Waals surface area contributed by atoms with E-state index in [1.807, 2.05) is 34.1 Å². The van der Waals surface area contributed by atoms with Crippen LogP contribution in [0.3, 0.4) is 0 Å². The number of carbonyl (C=O) groups excluding carboxylic acids is 1. The zero-order valence-electron chi connectivity index (χ0n) is 39.6. The molecular weight excluding hydrogens is 937 g/mol. The molecule has 3 aromatic carbocycles. The summed E-state index contributed by atoms with van der Waals surface area (Å²) in [4.78, 5) is 42.7. The number of aromatic nitrogens is 2. The van der Waals surface area contributed by atoms with Crippen LogP contribution in [0.25, 0.3) is 11.0 Å². The van der Waals surface area contributed by atoms with Gasteiger partial charge in [-0.25, -0.2) is 21.9 Å². The van der Waals surface area contributed by atoms with E-state index in [4.69, 9.17) is 19.2 Å². The second-order valence-electron chi connectivity index (χ2n) is 21.0. The van der Waals surface area contributed by atoms with Crippen LogP contribution in [-0.2, 0) is 14.8 Å². The Balaban J connectivity index is 0.822. The second-order valence-corrected chi connectivity index (χ2v) is 22.7. The van der Waals surface area contributed by atoms with Crippen LogP contribution in [0.15, 0.2) is 77.8 Å². The lowest BCUT2D eigenvalue weighted by Gasteiger charge is -2.62. The number of nitrogens with one attached hydrogen (secondary N) is 3. The molecular formula is C51H57F2N9O8S. The molecule has 0 bridgehead atoms. The molecule has 5 aromatic rings. The Morgan fingerprint density at radius 3 is 2.59 bits per heavy atom. The van der Waals surface area contributed by atoms with Gasteiger partial charge >= 0.3 is 0 Å². The average Bonchev–Trinajstić information content (AvgIpc) is 4.11. The number of ether oxygens (including phenoxy) is 3. The molecule has 1 amide bonds. The highest BCUT2D eigenvalue weighted by Gasteiger charge is 2.55. The SMILES string of the molecule is CC(C)c1ccccc1[C@@H]1CCCN1C1CC2(C1)CN(c1ccc(C(=O)NS(=O)(=O)c3cc4c(c([N+](=O)[O-])c3)N[C@@H](CN3CCC(F)(F)CC3)CO4)c(N3c4cc5cc[nH]c5nc4O[C@@H]4COC[C@H]43)c1)C2. The highest BCUT2D eigenvalue weighted by atomic mass is 32.2. The van der Waals surface area contributed by atoms with E-state index in [1.165, 1.54) is 24.0 Å².